The smallest absolute Gasteiger partial charge is 0.236 e. The Bertz CT molecular complexity index is 420. The Morgan fingerprint density at radius 2 is 1.80 bits per heavy atom. The van der Waals surface area contributed by atoms with E-state index in [1.165, 1.54) is 0 Å². The molecule has 0 bridgehead atoms. The van der Waals surface area contributed by atoms with Crippen LogP contribution in [0.1, 0.15) is 32.4 Å². The van der Waals surface area contributed by atoms with Crippen molar-refractivity contribution in [1.82, 2.24) is 10.6 Å². The standard InChI is InChI=1S/C15H23ClN2O2/c1-10(2)8-18-15(20)11(3)17-9-14(19)12-4-6-13(16)7-5-12/h4-7,10-11,14,17,19H,8-9H2,1-3H3,(H,18,20). The molecule has 0 fully saturated rings. The van der Waals surface area contributed by atoms with Gasteiger partial charge in [0.05, 0.1) is 12.1 Å². The number of halogens is 1. The van der Waals surface area contributed by atoms with Gasteiger partial charge in [-0.2, -0.15) is 0 Å². The van der Waals surface area contributed by atoms with Crippen LogP contribution in [0.4, 0.5) is 0 Å². The Hall–Kier alpha value is -1.10. The number of carbonyl (C=O) groups excluding carboxylic acids is 1. The summed E-state index contributed by atoms with van der Waals surface area (Å²) >= 11 is 5.80. The number of aliphatic hydroxyl groups excluding tert-OH is 1. The van der Waals surface area contributed by atoms with E-state index in [0.29, 0.717) is 24.0 Å². The fraction of sp³-hybridized carbons (Fsp3) is 0.533. The highest BCUT2D eigenvalue weighted by atomic mass is 35.5. The lowest BCUT2D eigenvalue weighted by Gasteiger charge is -2.18. The summed E-state index contributed by atoms with van der Waals surface area (Å²) in [5, 5.41) is 16.5. The highest BCUT2D eigenvalue weighted by molar-refractivity contribution is 6.30. The van der Waals surface area contributed by atoms with Crippen LogP contribution in [0.25, 0.3) is 0 Å². The summed E-state index contributed by atoms with van der Waals surface area (Å²) < 4.78 is 0. The molecule has 2 unspecified atom stereocenters. The van der Waals surface area contributed by atoms with Gasteiger partial charge in [0.15, 0.2) is 0 Å². The quantitative estimate of drug-likeness (QED) is 0.722. The van der Waals surface area contributed by atoms with Crippen LogP contribution >= 0.6 is 11.6 Å². The molecule has 1 rings (SSSR count). The third-order valence-electron chi connectivity index (χ3n) is 2.95. The van der Waals surface area contributed by atoms with Gasteiger partial charge in [0.25, 0.3) is 0 Å². The first-order valence-corrected chi connectivity index (χ1v) is 7.22. The molecular formula is C15H23ClN2O2. The second kappa shape index (κ2) is 8.25. The normalized spacial score (nSPS) is 14.1. The molecule has 0 radical (unpaired) electrons. The number of aliphatic hydroxyl groups is 1. The summed E-state index contributed by atoms with van der Waals surface area (Å²) in [6, 6.07) is 6.68. The summed E-state index contributed by atoms with van der Waals surface area (Å²) in [4.78, 5) is 11.8. The molecule has 0 spiro atoms. The Morgan fingerprint density at radius 3 is 2.35 bits per heavy atom. The summed E-state index contributed by atoms with van der Waals surface area (Å²) in [5.41, 5.74) is 0.775. The first-order valence-electron chi connectivity index (χ1n) is 6.84. The van der Waals surface area contributed by atoms with Gasteiger partial charge in [-0.25, -0.2) is 0 Å². The van der Waals surface area contributed by atoms with Crippen molar-refractivity contribution in [2.75, 3.05) is 13.1 Å². The summed E-state index contributed by atoms with van der Waals surface area (Å²) in [6.07, 6.45) is -0.660. The predicted octanol–water partition coefficient (Wildman–Crippen LogP) is 2.12. The lowest BCUT2D eigenvalue weighted by atomic mass is 10.1. The van der Waals surface area contributed by atoms with Crippen molar-refractivity contribution in [3.8, 4) is 0 Å². The van der Waals surface area contributed by atoms with Crippen molar-refractivity contribution in [3.63, 3.8) is 0 Å². The van der Waals surface area contributed by atoms with Gasteiger partial charge < -0.3 is 15.7 Å². The van der Waals surface area contributed by atoms with Gasteiger partial charge in [-0.1, -0.05) is 37.6 Å². The molecule has 2 atom stereocenters. The summed E-state index contributed by atoms with van der Waals surface area (Å²) in [5.74, 6) is 0.368. The zero-order valence-electron chi connectivity index (χ0n) is 12.2. The number of hydrogen-bond acceptors (Lipinski definition) is 3. The van der Waals surface area contributed by atoms with Crippen LogP contribution in [0.15, 0.2) is 24.3 Å². The van der Waals surface area contributed by atoms with Crippen molar-refractivity contribution in [2.24, 2.45) is 5.92 Å². The number of carbonyl (C=O) groups is 1. The zero-order valence-corrected chi connectivity index (χ0v) is 12.9. The van der Waals surface area contributed by atoms with E-state index in [1.54, 1.807) is 31.2 Å². The van der Waals surface area contributed by atoms with Gasteiger partial charge in [0.2, 0.25) is 5.91 Å². The van der Waals surface area contributed by atoms with Crippen LogP contribution in [-0.2, 0) is 4.79 Å². The molecule has 1 aromatic rings. The van der Waals surface area contributed by atoms with Crippen molar-refractivity contribution in [3.05, 3.63) is 34.9 Å². The van der Waals surface area contributed by atoms with Crippen molar-refractivity contribution >= 4 is 17.5 Å². The van der Waals surface area contributed by atoms with E-state index < -0.39 is 6.10 Å². The average molecular weight is 299 g/mol. The third-order valence-corrected chi connectivity index (χ3v) is 3.20. The first-order chi connectivity index (χ1) is 9.40. The van der Waals surface area contributed by atoms with Gasteiger partial charge in [-0.15, -0.1) is 0 Å². The Morgan fingerprint density at radius 1 is 1.20 bits per heavy atom. The van der Waals surface area contributed by atoms with Crippen LogP contribution < -0.4 is 10.6 Å². The van der Waals surface area contributed by atoms with E-state index >= 15 is 0 Å². The summed E-state index contributed by atoms with van der Waals surface area (Å²) in [6.45, 7) is 6.85. The fourth-order valence-corrected chi connectivity index (χ4v) is 1.77. The zero-order chi connectivity index (χ0) is 15.1. The van der Waals surface area contributed by atoms with Crippen LogP contribution in [0.5, 0.6) is 0 Å². The van der Waals surface area contributed by atoms with Crippen LogP contribution in [0.3, 0.4) is 0 Å². The average Bonchev–Trinajstić information content (AvgIpc) is 2.42. The molecule has 112 valence electrons. The third kappa shape index (κ3) is 5.90. The molecule has 0 aromatic heterocycles. The molecule has 0 saturated carbocycles. The SMILES string of the molecule is CC(C)CNC(=O)C(C)NCC(O)c1ccc(Cl)cc1. The van der Waals surface area contributed by atoms with E-state index in [-0.39, 0.29) is 11.9 Å². The molecule has 1 aromatic carbocycles. The molecular weight excluding hydrogens is 276 g/mol. The van der Waals surface area contributed by atoms with E-state index in [1.807, 2.05) is 13.8 Å². The summed E-state index contributed by atoms with van der Waals surface area (Å²) in [7, 11) is 0. The van der Waals surface area contributed by atoms with Gasteiger partial charge in [-0.3, -0.25) is 4.79 Å². The number of rotatable bonds is 7. The van der Waals surface area contributed by atoms with Crippen molar-refractivity contribution in [2.45, 2.75) is 32.9 Å². The maximum Gasteiger partial charge on any atom is 0.236 e. The van der Waals surface area contributed by atoms with Crippen LogP contribution in [0.2, 0.25) is 5.02 Å². The number of benzene rings is 1. The highest BCUT2D eigenvalue weighted by Gasteiger charge is 2.14. The molecule has 5 heteroatoms. The lowest BCUT2D eigenvalue weighted by Crippen LogP contribution is -2.44. The largest absolute Gasteiger partial charge is 0.387 e. The van der Waals surface area contributed by atoms with E-state index in [9.17, 15) is 9.90 Å². The van der Waals surface area contributed by atoms with E-state index in [4.69, 9.17) is 11.6 Å². The molecule has 3 N–H and O–H groups in total. The molecule has 0 aliphatic rings. The van der Waals surface area contributed by atoms with Gasteiger partial charge in [0.1, 0.15) is 0 Å². The minimum absolute atomic E-state index is 0.0537. The van der Waals surface area contributed by atoms with Crippen molar-refractivity contribution in [1.29, 1.82) is 0 Å². The minimum atomic E-state index is -0.660. The van der Waals surface area contributed by atoms with Gasteiger partial charge in [0, 0.05) is 18.1 Å². The molecule has 0 saturated heterocycles. The monoisotopic (exact) mass is 298 g/mol. The van der Waals surface area contributed by atoms with E-state index in [2.05, 4.69) is 10.6 Å². The lowest BCUT2D eigenvalue weighted by molar-refractivity contribution is -0.123. The maximum absolute atomic E-state index is 11.8. The number of nitrogens with one attached hydrogen (secondary N) is 2. The molecule has 0 aliphatic heterocycles. The molecule has 4 nitrogen and oxygen atoms in total. The number of amides is 1. The second-order valence-corrected chi connectivity index (χ2v) is 5.77. The second-order valence-electron chi connectivity index (χ2n) is 5.34. The predicted molar refractivity (Wildman–Crippen MR) is 81.7 cm³/mol. The topological polar surface area (TPSA) is 61.4 Å². The minimum Gasteiger partial charge on any atom is -0.387 e. The Labute approximate surface area is 125 Å². The van der Waals surface area contributed by atoms with Gasteiger partial charge in [-0.05, 0) is 30.5 Å². The first kappa shape index (κ1) is 17.0. The Balaban J connectivity index is 2.38. The molecule has 0 heterocycles. The van der Waals surface area contributed by atoms with Crippen LogP contribution in [-0.4, -0.2) is 30.1 Å². The van der Waals surface area contributed by atoms with Crippen molar-refractivity contribution < 1.29 is 9.90 Å². The number of hydrogen-bond donors (Lipinski definition) is 3. The highest BCUT2D eigenvalue weighted by Crippen LogP contribution is 2.15. The fourth-order valence-electron chi connectivity index (χ4n) is 1.64. The molecule has 20 heavy (non-hydrogen) atoms. The van der Waals surface area contributed by atoms with Crippen LogP contribution in [0, 0.1) is 5.92 Å². The molecule has 0 aliphatic carbocycles. The van der Waals surface area contributed by atoms with Gasteiger partial charge >= 0.3 is 0 Å². The molecule has 1 amide bonds. The van der Waals surface area contributed by atoms with E-state index in [0.717, 1.165) is 5.56 Å². The Kier molecular flexibility index (Phi) is 6.99. The maximum atomic E-state index is 11.8.